The smallest absolute Gasteiger partial charge is 0.251 e. The molecule has 54 heavy (non-hydrogen) atoms. The van der Waals surface area contributed by atoms with E-state index in [1.165, 1.54) is 37.3 Å². The standard InChI is InChI=1S/C39H44F2N4O8S/c1-25(27-13-9-6-10-14-27)43-37(47)28-15-29(17-32(16-28)45(2)24-54(4,50)51)38(48)44-34(23-53-33-19-30(40)18-31(41)20-33)35(46)21-36(52-3)39(49)42-22-26-11-7-5-8-12-26/h5-20,25,34-36,46H,21-24H2,1-4H3,(H,42,49)(H,43,47)(H,44,48)/t25-,34+,35+,36-/m1/s1. The zero-order chi connectivity index (χ0) is 39.4. The SMILES string of the molecule is CO[C@H](C[C@H](O)[C@H](COc1cc(F)cc(F)c1)NC(=O)c1cc(C(=O)N[C@H](C)c2ccccc2)cc(N(C)CS(C)(=O)=O)c1)C(=O)NCc1ccccc1. The lowest BCUT2D eigenvalue weighted by molar-refractivity contribution is -0.133. The number of benzene rings is 4. The highest BCUT2D eigenvalue weighted by Gasteiger charge is 2.30. The van der Waals surface area contributed by atoms with Gasteiger partial charge in [0.05, 0.1) is 18.2 Å². The summed E-state index contributed by atoms with van der Waals surface area (Å²) in [5.74, 6) is -4.38. The topological polar surface area (TPSA) is 163 Å². The summed E-state index contributed by atoms with van der Waals surface area (Å²) < 4.78 is 63.2. The average molecular weight is 767 g/mol. The molecule has 4 atom stereocenters. The van der Waals surface area contributed by atoms with Gasteiger partial charge in [-0.3, -0.25) is 14.4 Å². The van der Waals surface area contributed by atoms with Gasteiger partial charge in [0.25, 0.3) is 11.8 Å². The number of carbonyl (C=O) groups is 3. The third-order valence-corrected chi connectivity index (χ3v) is 9.20. The van der Waals surface area contributed by atoms with Gasteiger partial charge in [0, 0.05) is 68.4 Å². The molecule has 0 saturated carbocycles. The summed E-state index contributed by atoms with van der Waals surface area (Å²) in [4.78, 5) is 41.8. The van der Waals surface area contributed by atoms with E-state index in [4.69, 9.17) is 9.47 Å². The van der Waals surface area contributed by atoms with Crippen LogP contribution in [0.25, 0.3) is 0 Å². The normalized spacial score (nSPS) is 13.5. The molecule has 15 heteroatoms. The molecule has 4 aromatic carbocycles. The maximum absolute atomic E-state index is 14.0. The predicted molar refractivity (Wildman–Crippen MR) is 200 cm³/mol. The van der Waals surface area contributed by atoms with Gasteiger partial charge in [-0.25, -0.2) is 17.2 Å². The van der Waals surface area contributed by atoms with E-state index in [0.717, 1.165) is 29.5 Å². The second-order valence-corrected chi connectivity index (χ2v) is 15.0. The number of aliphatic hydroxyl groups is 1. The van der Waals surface area contributed by atoms with E-state index in [9.17, 15) is 36.7 Å². The van der Waals surface area contributed by atoms with Crippen LogP contribution in [0.4, 0.5) is 14.5 Å². The number of hydrogen-bond donors (Lipinski definition) is 4. The molecule has 0 spiro atoms. The van der Waals surface area contributed by atoms with Gasteiger partial charge in [-0.15, -0.1) is 0 Å². The Bertz CT molecular complexity index is 1980. The summed E-state index contributed by atoms with van der Waals surface area (Å²) in [5, 5.41) is 19.7. The van der Waals surface area contributed by atoms with Crippen molar-refractivity contribution < 1.29 is 46.2 Å². The first-order valence-corrected chi connectivity index (χ1v) is 19.0. The fourth-order valence-electron chi connectivity index (χ4n) is 5.52. The highest BCUT2D eigenvalue weighted by Crippen LogP contribution is 2.22. The number of methoxy groups -OCH3 is 1. The van der Waals surface area contributed by atoms with Crippen LogP contribution in [-0.4, -0.2) is 82.4 Å². The van der Waals surface area contributed by atoms with Crippen molar-refractivity contribution in [1.82, 2.24) is 16.0 Å². The van der Waals surface area contributed by atoms with E-state index in [1.807, 2.05) is 60.7 Å². The Labute approximate surface area is 313 Å². The monoisotopic (exact) mass is 766 g/mol. The highest BCUT2D eigenvalue weighted by atomic mass is 32.2. The Kier molecular flexibility index (Phi) is 14.6. The van der Waals surface area contributed by atoms with Crippen LogP contribution in [0.5, 0.6) is 5.75 Å². The molecule has 0 saturated heterocycles. The number of rotatable bonds is 18. The summed E-state index contributed by atoms with van der Waals surface area (Å²) in [7, 11) is -0.762. The molecule has 288 valence electrons. The van der Waals surface area contributed by atoms with Crippen molar-refractivity contribution in [2.75, 3.05) is 37.8 Å². The molecular formula is C39H44F2N4O8S. The van der Waals surface area contributed by atoms with Gasteiger partial charge < -0.3 is 35.4 Å². The van der Waals surface area contributed by atoms with Gasteiger partial charge in [-0.1, -0.05) is 60.7 Å². The summed E-state index contributed by atoms with van der Waals surface area (Å²) in [5.41, 5.74) is 1.84. The molecule has 4 rings (SSSR count). The Morgan fingerprint density at radius 1 is 0.852 bits per heavy atom. The lowest BCUT2D eigenvalue weighted by atomic mass is 10.0. The number of aliphatic hydroxyl groups excluding tert-OH is 1. The Hall–Kier alpha value is -5.38. The van der Waals surface area contributed by atoms with Crippen LogP contribution >= 0.6 is 0 Å². The van der Waals surface area contributed by atoms with Crippen LogP contribution in [0.3, 0.4) is 0 Å². The Morgan fingerprint density at radius 2 is 1.43 bits per heavy atom. The predicted octanol–water partition coefficient (Wildman–Crippen LogP) is 4.15. The minimum Gasteiger partial charge on any atom is -0.491 e. The highest BCUT2D eigenvalue weighted by molar-refractivity contribution is 7.90. The minimum absolute atomic E-state index is 0.0406. The second kappa shape index (κ2) is 19.1. The first-order chi connectivity index (χ1) is 25.6. The summed E-state index contributed by atoms with van der Waals surface area (Å²) in [6.07, 6.45) is -1.97. The molecular weight excluding hydrogens is 723 g/mol. The maximum atomic E-state index is 14.0. The van der Waals surface area contributed by atoms with Crippen LogP contribution in [0, 0.1) is 11.6 Å². The zero-order valence-electron chi connectivity index (χ0n) is 30.3. The molecule has 0 radical (unpaired) electrons. The second-order valence-electron chi connectivity index (χ2n) is 12.9. The van der Waals surface area contributed by atoms with Crippen molar-refractivity contribution in [2.24, 2.45) is 0 Å². The number of halogens is 2. The van der Waals surface area contributed by atoms with Crippen LogP contribution < -0.4 is 25.6 Å². The van der Waals surface area contributed by atoms with Gasteiger partial charge in [0.1, 0.15) is 36.0 Å². The molecule has 0 aromatic heterocycles. The van der Waals surface area contributed by atoms with Crippen molar-refractivity contribution >= 4 is 33.2 Å². The minimum atomic E-state index is -3.53. The van der Waals surface area contributed by atoms with Crippen LogP contribution in [0.1, 0.15) is 51.2 Å². The number of carbonyl (C=O) groups excluding carboxylic acids is 3. The number of anilines is 1. The number of nitrogens with zero attached hydrogens (tertiary/aromatic N) is 1. The van der Waals surface area contributed by atoms with Crippen LogP contribution in [-0.2, 0) is 25.9 Å². The van der Waals surface area contributed by atoms with E-state index in [2.05, 4.69) is 16.0 Å². The largest absolute Gasteiger partial charge is 0.491 e. The van der Waals surface area contributed by atoms with Gasteiger partial charge in [0.2, 0.25) is 5.91 Å². The van der Waals surface area contributed by atoms with Crippen molar-refractivity contribution in [3.05, 3.63) is 131 Å². The first kappa shape index (κ1) is 41.4. The van der Waals surface area contributed by atoms with Crippen molar-refractivity contribution in [3.8, 4) is 5.75 Å². The summed E-state index contributed by atoms with van der Waals surface area (Å²) in [6, 6.07) is 23.2. The molecule has 12 nitrogen and oxygen atoms in total. The fourth-order valence-corrected chi connectivity index (χ4v) is 6.37. The van der Waals surface area contributed by atoms with Crippen LogP contribution in [0.15, 0.2) is 97.1 Å². The molecule has 0 fully saturated rings. The molecule has 0 aliphatic carbocycles. The molecule has 0 bridgehead atoms. The van der Waals surface area contributed by atoms with E-state index in [1.54, 1.807) is 6.92 Å². The fraction of sp³-hybridized carbons (Fsp3) is 0.308. The molecule has 0 aliphatic heterocycles. The Morgan fingerprint density at radius 3 is 2.00 bits per heavy atom. The third kappa shape index (κ3) is 12.6. The molecule has 4 N–H and O–H groups in total. The average Bonchev–Trinajstić information content (AvgIpc) is 3.13. The van der Waals surface area contributed by atoms with Crippen LogP contribution in [0.2, 0.25) is 0 Å². The van der Waals surface area contributed by atoms with Gasteiger partial charge in [-0.05, 0) is 36.2 Å². The number of amides is 3. The molecule has 0 unspecified atom stereocenters. The van der Waals surface area contributed by atoms with E-state index < -0.39 is 76.0 Å². The van der Waals surface area contributed by atoms with Gasteiger partial charge in [0.15, 0.2) is 9.84 Å². The first-order valence-electron chi connectivity index (χ1n) is 16.9. The molecule has 0 heterocycles. The van der Waals surface area contributed by atoms with E-state index >= 15 is 0 Å². The summed E-state index contributed by atoms with van der Waals surface area (Å²) in [6.45, 7) is 1.47. The van der Waals surface area contributed by atoms with E-state index in [-0.39, 0.29) is 35.5 Å². The van der Waals surface area contributed by atoms with Gasteiger partial charge in [-0.2, -0.15) is 0 Å². The Balaban J connectivity index is 1.61. The number of ether oxygens (including phenoxy) is 2. The molecule has 0 aliphatic rings. The quantitative estimate of drug-likeness (QED) is 0.117. The van der Waals surface area contributed by atoms with Crippen molar-refractivity contribution in [1.29, 1.82) is 0 Å². The molecule has 4 aromatic rings. The lowest BCUT2D eigenvalue weighted by Crippen LogP contribution is -2.50. The third-order valence-electron chi connectivity index (χ3n) is 8.35. The lowest BCUT2D eigenvalue weighted by Gasteiger charge is -2.27. The number of nitrogens with one attached hydrogen (secondary N) is 3. The van der Waals surface area contributed by atoms with Crippen molar-refractivity contribution in [2.45, 2.75) is 44.2 Å². The van der Waals surface area contributed by atoms with E-state index in [0.29, 0.717) is 6.07 Å². The van der Waals surface area contributed by atoms with Crippen molar-refractivity contribution in [3.63, 3.8) is 0 Å². The van der Waals surface area contributed by atoms with Gasteiger partial charge >= 0.3 is 0 Å². The maximum Gasteiger partial charge on any atom is 0.251 e. The number of sulfone groups is 1. The number of hydrogen-bond acceptors (Lipinski definition) is 9. The summed E-state index contributed by atoms with van der Waals surface area (Å²) >= 11 is 0. The zero-order valence-corrected chi connectivity index (χ0v) is 31.1. The molecule has 3 amide bonds.